The molecule has 3 aromatic rings. The molecule has 0 saturated heterocycles. The van der Waals surface area contributed by atoms with Crippen molar-refractivity contribution in [2.75, 3.05) is 0 Å². The van der Waals surface area contributed by atoms with Gasteiger partial charge in [-0.25, -0.2) is 4.79 Å². The van der Waals surface area contributed by atoms with Crippen LogP contribution in [0.15, 0.2) is 66.7 Å². The molecule has 3 aromatic carbocycles. The molecular formula is C21H14O4. The van der Waals surface area contributed by atoms with Crippen LogP contribution in [0.3, 0.4) is 0 Å². The van der Waals surface area contributed by atoms with Crippen LogP contribution in [0.4, 0.5) is 0 Å². The second-order valence-corrected chi connectivity index (χ2v) is 5.44. The van der Waals surface area contributed by atoms with Crippen LogP contribution in [0.1, 0.15) is 31.1 Å². The Kier molecular flexibility index (Phi) is 4.53. The molecule has 0 heterocycles. The van der Waals surface area contributed by atoms with E-state index in [1.165, 1.54) is 12.1 Å². The van der Waals surface area contributed by atoms with Gasteiger partial charge in [0.05, 0.1) is 5.56 Å². The van der Waals surface area contributed by atoms with Crippen LogP contribution >= 0.6 is 0 Å². The lowest BCUT2D eigenvalue weighted by Crippen LogP contribution is -2.06. The maximum absolute atomic E-state index is 11.7. The van der Waals surface area contributed by atoms with Crippen LogP contribution in [-0.2, 0) is 0 Å². The Morgan fingerprint density at radius 2 is 1.40 bits per heavy atom. The lowest BCUT2D eigenvalue weighted by atomic mass is 9.87. The van der Waals surface area contributed by atoms with Crippen molar-refractivity contribution in [1.82, 2.24) is 0 Å². The van der Waals surface area contributed by atoms with Crippen molar-refractivity contribution in [2.45, 2.75) is 0 Å². The Morgan fingerprint density at radius 3 is 2.00 bits per heavy atom. The fourth-order valence-electron chi connectivity index (χ4n) is 2.91. The summed E-state index contributed by atoms with van der Waals surface area (Å²) in [6, 6.07) is 19.5. The van der Waals surface area contributed by atoms with E-state index in [0.29, 0.717) is 23.7 Å². The summed E-state index contributed by atoms with van der Waals surface area (Å²) >= 11 is 0. The first-order chi connectivity index (χ1) is 12.2. The summed E-state index contributed by atoms with van der Waals surface area (Å²) in [5.41, 5.74) is 2.85. The largest absolute Gasteiger partial charge is 0.478 e. The van der Waals surface area contributed by atoms with Gasteiger partial charge in [0.1, 0.15) is 0 Å². The molecular weight excluding hydrogens is 316 g/mol. The van der Waals surface area contributed by atoms with E-state index in [1.807, 2.05) is 42.5 Å². The molecule has 0 amide bonds. The highest BCUT2D eigenvalue weighted by atomic mass is 16.4. The number of hydrogen-bond acceptors (Lipinski definition) is 3. The minimum absolute atomic E-state index is 0.000445. The highest BCUT2D eigenvalue weighted by Crippen LogP contribution is 2.36. The monoisotopic (exact) mass is 330 g/mol. The molecule has 122 valence electrons. The molecule has 0 unspecified atom stereocenters. The quantitative estimate of drug-likeness (QED) is 0.706. The van der Waals surface area contributed by atoms with Gasteiger partial charge in [0, 0.05) is 16.7 Å². The maximum atomic E-state index is 11.7. The van der Waals surface area contributed by atoms with E-state index in [1.54, 1.807) is 12.1 Å². The summed E-state index contributed by atoms with van der Waals surface area (Å²) in [6.45, 7) is 0. The van der Waals surface area contributed by atoms with Gasteiger partial charge < -0.3 is 5.11 Å². The van der Waals surface area contributed by atoms with Gasteiger partial charge in [0.25, 0.3) is 0 Å². The van der Waals surface area contributed by atoms with Crippen LogP contribution in [0.2, 0.25) is 0 Å². The number of carboxylic acid groups (broad SMARTS) is 1. The molecule has 0 fully saturated rings. The van der Waals surface area contributed by atoms with Crippen LogP contribution in [0.25, 0.3) is 22.3 Å². The number of hydrogen-bond donors (Lipinski definition) is 1. The summed E-state index contributed by atoms with van der Waals surface area (Å²) in [4.78, 5) is 34.7. The van der Waals surface area contributed by atoms with Crippen molar-refractivity contribution in [1.29, 1.82) is 0 Å². The smallest absolute Gasteiger partial charge is 0.336 e. The van der Waals surface area contributed by atoms with E-state index in [0.717, 1.165) is 11.1 Å². The molecule has 1 N–H and O–H groups in total. The molecule has 0 aliphatic rings. The van der Waals surface area contributed by atoms with E-state index in [4.69, 9.17) is 0 Å². The molecule has 0 aromatic heterocycles. The van der Waals surface area contributed by atoms with Crippen molar-refractivity contribution in [3.63, 3.8) is 0 Å². The van der Waals surface area contributed by atoms with Gasteiger partial charge in [0.15, 0.2) is 12.6 Å². The molecule has 25 heavy (non-hydrogen) atoms. The van der Waals surface area contributed by atoms with E-state index < -0.39 is 5.97 Å². The molecule has 4 nitrogen and oxygen atoms in total. The summed E-state index contributed by atoms with van der Waals surface area (Å²) in [5.74, 6) is -1.21. The van der Waals surface area contributed by atoms with Gasteiger partial charge in [-0.1, -0.05) is 60.7 Å². The zero-order chi connectivity index (χ0) is 17.8. The van der Waals surface area contributed by atoms with Gasteiger partial charge in [-0.05, 0) is 22.8 Å². The van der Waals surface area contributed by atoms with Crippen LogP contribution in [-0.4, -0.2) is 23.6 Å². The summed E-state index contributed by atoms with van der Waals surface area (Å²) < 4.78 is 0. The second-order valence-electron chi connectivity index (χ2n) is 5.44. The van der Waals surface area contributed by atoms with Crippen molar-refractivity contribution in [3.8, 4) is 22.3 Å². The summed E-state index contributed by atoms with van der Waals surface area (Å²) in [6.07, 6.45) is 1.13. The fourth-order valence-corrected chi connectivity index (χ4v) is 2.91. The summed E-state index contributed by atoms with van der Waals surface area (Å²) in [7, 11) is 0. The normalized spacial score (nSPS) is 10.2. The third kappa shape index (κ3) is 2.97. The minimum atomic E-state index is -1.21. The van der Waals surface area contributed by atoms with Crippen LogP contribution in [0.5, 0.6) is 0 Å². The second kappa shape index (κ2) is 6.93. The average molecular weight is 330 g/mol. The maximum Gasteiger partial charge on any atom is 0.336 e. The van der Waals surface area contributed by atoms with Crippen molar-refractivity contribution in [3.05, 3.63) is 83.4 Å². The number of carbonyl (C=O) groups excluding carboxylic acids is 2. The number of carbonyl (C=O) groups is 3. The first-order valence-corrected chi connectivity index (χ1v) is 7.63. The highest BCUT2D eigenvalue weighted by molar-refractivity contribution is 6.07. The van der Waals surface area contributed by atoms with Crippen molar-refractivity contribution < 1.29 is 19.5 Å². The lowest BCUT2D eigenvalue weighted by Gasteiger charge is -2.15. The topological polar surface area (TPSA) is 71.4 Å². The molecule has 0 radical (unpaired) electrons. The van der Waals surface area contributed by atoms with E-state index in [2.05, 4.69) is 0 Å². The molecule has 0 aliphatic carbocycles. The average Bonchev–Trinajstić information content (AvgIpc) is 2.67. The molecule has 0 aliphatic heterocycles. The minimum Gasteiger partial charge on any atom is -0.478 e. The Bertz CT molecular complexity index is 959. The first-order valence-electron chi connectivity index (χ1n) is 7.63. The number of rotatable bonds is 5. The number of aromatic carboxylic acids is 1. The number of benzene rings is 3. The Hall–Kier alpha value is -3.53. The van der Waals surface area contributed by atoms with Crippen molar-refractivity contribution in [2.24, 2.45) is 0 Å². The first kappa shape index (κ1) is 16.3. The standard InChI is InChI=1S/C21H14O4/c22-12-15-10-11-18(21(24)25)19(13-23)20(15)17-9-5-4-8-16(17)14-6-2-1-3-7-14/h1-13H,(H,24,25). The molecule has 0 spiro atoms. The van der Waals surface area contributed by atoms with E-state index in [9.17, 15) is 19.5 Å². The lowest BCUT2D eigenvalue weighted by molar-refractivity contribution is 0.0693. The Labute approximate surface area is 144 Å². The van der Waals surface area contributed by atoms with Gasteiger partial charge in [-0.3, -0.25) is 9.59 Å². The van der Waals surface area contributed by atoms with E-state index >= 15 is 0 Å². The summed E-state index contributed by atoms with van der Waals surface area (Å²) in [5, 5.41) is 9.37. The SMILES string of the molecule is O=Cc1ccc(C(=O)O)c(C=O)c1-c1ccccc1-c1ccccc1. The van der Waals surface area contributed by atoms with Gasteiger partial charge in [0.2, 0.25) is 0 Å². The third-order valence-corrected chi connectivity index (χ3v) is 4.03. The predicted octanol–water partition coefficient (Wildman–Crippen LogP) is 4.34. The van der Waals surface area contributed by atoms with E-state index in [-0.39, 0.29) is 16.7 Å². The van der Waals surface area contributed by atoms with Gasteiger partial charge in [-0.15, -0.1) is 0 Å². The number of carboxylic acids is 1. The third-order valence-electron chi connectivity index (χ3n) is 4.03. The molecule has 0 atom stereocenters. The fraction of sp³-hybridized carbons (Fsp3) is 0. The zero-order valence-corrected chi connectivity index (χ0v) is 13.2. The zero-order valence-electron chi connectivity index (χ0n) is 13.2. The van der Waals surface area contributed by atoms with Gasteiger partial charge in [-0.2, -0.15) is 0 Å². The van der Waals surface area contributed by atoms with Crippen LogP contribution in [0, 0.1) is 0 Å². The molecule has 3 rings (SSSR count). The van der Waals surface area contributed by atoms with Gasteiger partial charge >= 0.3 is 5.97 Å². The molecule has 0 saturated carbocycles. The molecule has 4 heteroatoms. The highest BCUT2D eigenvalue weighted by Gasteiger charge is 2.20. The number of aldehydes is 2. The van der Waals surface area contributed by atoms with Crippen LogP contribution < -0.4 is 0 Å². The molecule has 0 bridgehead atoms. The Balaban J connectivity index is 2.38. The predicted molar refractivity (Wildman–Crippen MR) is 95.0 cm³/mol. The van der Waals surface area contributed by atoms with Crippen molar-refractivity contribution >= 4 is 18.5 Å². The Morgan fingerprint density at radius 1 is 0.760 bits per heavy atom.